The number of ether oxygens (including phenoxy) is 1. The van der Waals surface area contributed by atoms with Crippen molar-refractivity contribution in [1.82, 2.24) is 0 Å². The van der Waals surface area contributed by atoms with E-state index in [9.17, 15) is 4.79 Å². The van der Waals surface area contributed by atoms with Gasteiger partial charge < -0.3 is 9.84 Å². The summed E-state index contributed by atoms with van der Waals surface area (Å²) in [5.74, 6) is -0.528. The molecule has 0 rings (SSSR count). The van der Waals surface area contributed by atoms with Crippen LogP contribution in [0.2, 0.25) is 0 Å². The summed E-state index contributed by atoms with van der Waals surface area (Å²) in [5.41, 5.74) is 0. The van der Waals surface area contributed by atoms with Crippen LogP contribution in [0.25, 0.3) is 0 Å². The van der Waals surface area contributed by atoms with Gasteiger partial charge in [-0.25, -0.2) is 4.79 Å². The third-order valence-corrected chi connectivity index (χ3v) is 0.945. The van der Waals surface area contributed by atoms with E-state index >= 15 is 0 Å². The third kappa shape index (κ3) is 3.08. The molecule has 0 bridgehead atoms. The lowest BCUT2D eigenvalue weighted by Gasteiger charge is -2.04. The minimum absolute atomic E-state index is 0.329. The highest BCUT2D eigenvalue weighted by atomic mass is 16.5. The third-order valence-electron chi connectivity index (χ3n) is 0.945. The van der Waals surface area contributed by atoms with Crippen molar-refractivity contribution >= 4 is 5.97 Å². The number of aliphatic hydroxyl groups is 1. The van der Waals surface area contributed by atoms with Crippen LogP contribution in [-0.4, -0.2) is 23.8 Å². The molecular weight excluding hydrogens is 120 g/mol. The molecular formula is C6H12O3. The molecule has 3 heteroatoms. The molecule has 0 aromatic carbocycles. The second-order valence-electron chi connectivity index (χ2n) is 1.68. The fourth-order valence-corrected chi connectivity index (χ4v) is 0.405. The van der Waals surface area contributed by atoms with Crippen LogP contribution in [0, 0.1) is 0 Å². The van der Waals surface area contributed by atoms with Crippen molar-refractivity contribution in [3.8, 4) is 0 Å². The summed E-state index contributed by atoms with van der Waals surface area (Å²) in [4.78, 5) is 10.5. The zero-order valence-electron chi connectivity index (χ0n) is 5.76. The Morgan fingerprint density at radius 3 is 2.56 bits per heavy atom. The molecule has 1 N–H and O–H groups in total. The van der Waals surface area contributed by atoms with Gasteiger partial charge in [0.2, 0.25) is 0 Å². The number of rotatable bonds is 3. The van der Waals surface area contributed by atoms with Gasteiger partial charge in [0.25, 0.3) is 0 Å². The zero-order chi connectivity index (χ0) is 7.28. The van der Waals surface area contributed by atoms with Crippen LogP contribution in [0.3, 0.4) is 0 Å². The summed E-state index contributed by atoms with van der Waals surface area (Å²) in [5, 5.41) is 8.78. The van der Waals surface area contributed by atoms with Gasteiger partial charge in [0.1, 0.15) is 0 Å². The molecule has 0 amide bonds. The Morgan fingerprint density at radius 1 is 1.67 bits per heavy atom. The van der Waals surface area contributed by atoms with E-state index in [2.05, 4.69) is 4.74 Å². The van der Waals surface area contributed by atoms with E-state index in [1.807, 2.05) is 0 Å². The van der Waals surface area contributed by atoms with Crippen LogP contribution in [-0.2, 0) is 9.53 Å². The zero-order valence-corrected chi connectivity index (χ0v) is 5.76. The lowest BCUT2D eigenvalue weighted by Crippen LogP contribution is -2.21. The molecule has 3 nitrogen and oxygen atoms in total. The Labute approximate surface area is 54.6 Å². The summed E-state index contributed by atoms with van der Waals surface area (Å²) in [6.45, 7) is 3.76. The second kappa shape index (κ2) is 4.32. The lowest BCUT2D eigenvalue weighted by molar-refractivity contribution is -0.153. The normalized spacial score (nSPS) is 12.8. The molecule has 0 aromatic heterocycles. The van der Waals surface area contributed by atoms with Crippen molar-refractivity contribution in [2.75, 3.05) is 6.61 Å². The monoisotopic (exact) mass is 132 g/mol. The largest absolute Gasteiger partial charge is 0.464 e. The van der Waals surface area contributed by atoms with Gasteiger partial charge >= 0.3 is 5.97 Å². The fourth-order valence-electron chi connectivity index (χ4n) is 0.405. The number of hydrogen-bond donors (Lipinski definition) is 1. The molecule has 9 heavy (non-hydrogen) atoms. The average Bonchev–Trinajstić information content (AvgIpc) is 1.87. The summed E-state index contributed by atoms with van der Waals surface area (Å²) in [6.07, 6.45) is -0.524. The van der Waals surface area contributed by atoms with Gasteiger partial charge in [-0.3, -0.25) is 0 Å². The Kier molecular flexibility index (Phi) is 4.05. The highest BCUT2D eigenvalue weighted by Gasteiger charge is 2.11. The maximum absolute atomic E-state index is 10.5. The number of carbonyl (C=O) groups is 1. The number of aliphatic hydroxyl groups excluding tert-OH is 1. The summed E-state index contributed by atoms with van der Waals surface area (Å²) in [7, 11) is 0. The molecule has 0 fully saturated rings. The van der Waals surface area contributed by atoms with Crippen LogP contribution in [0.15, 0.2) is 0 Å². The van der Waals surface area contributed by atoms with Gasteiger partial charge in [-0.2, -0.15) is 0 Å². The Bertz CT molecular complexity index is 90.3. The van der Waals surface area contributed by atoms with Gasteiger partial charge in [0.15, 0.2) is 6.10 Å². The molecule has 0 aromatic rings. The smallest absolute Gasteiger partial charge is 0.334 e. The Morgan fingerprint density at radius 2 is 2.22 bits per heavy atom. The molecule has 0 heterocycles. The van der Waals surface area contributed by atoms with E-state index in [0.717, 1.165) is 0 Å². The second-order valence-corrected chi connectivity index (χ2v) is 1.68. The first-order valence-corrected chi connectivity index (χ1v) is 3.07. The summed E-state index contributed by atoms with van der Waals surface area (Å²) < 4.78 is 4.51. The fraction of sp³-hybridized carbons (Fsp3) is 0.833. The molecule has 0 spiro atoms. The predicted octanol–water partition coefficient (Wildman–Crippen LogP) is 0.320. The Balaban J connectivity index is 3.46. The van der Waals surface area contributed by atoms with Crippen LogP contribution >= 0.6 is 0 Å². The van der Waals surface area contributed by atoms with Gasteiger partial charge in [0, 0.05) is 0 Å². The lowest BCUT2D eigenvalue weighted by atomic mass is 10.3. The van der Waals surface area contributed by atoms with E-state index in [1.54, 1.807) is 13.8 Å². The average molecular weight is 132 g/mol. The van der Waals surface area contributed by atoms with Crippen molar-refractivity contribution in [3.63, 3.8) is 0 Å². The Hall–Kier alpha value is -0.570. The van der Waals surface area contributed by atoms with E-state index in [1.165, 1.54) is 0 Å². The quantitative estimate of drug-likeness (QED) is 0.562. The van der Waals surface area contributed by atoms with Crippen LogP contribution < -0.4 is 0 Å². The van der Waals surface area contributed by atoms with Crippen LogP contribution in [0.1, 0.15) is 20.3 Å². The molecule has 0 radical (unpaired) electrons. The van der Waals surface area contributed by atoms with Gasteiger partial charge in [-0.1, -0.05) is 6.92 Å². The van der Waals surface area contributed by atoms with Gasteiger partial charge in [0.05, 0.1) is 6.61 Å². The van der Waals surface area contributed by atoms with Crippen LogP contribution in [0.5, 0.6) is 0 Å². The SMILES string of the molecule is CCOC(=O)[C@H](O)CC. The number of hydrogen-bond acceptors (Lipinski definition) is 3. The first kappa shape index (κ1) is 8.43. The first-order chi connectivity index (χ1) is 4.22. The molecule has 54 valence electrons. The van der Waals surface area contributed by atoms with E-state index < -0.39 is 12.1 Å². The highest BCUT2D eigenvalue weighted by molar-refractivity contribution is 5.74. The standard InChI is InChI=1S/C6H12O3/c1-3-5(7)6(8)9-4-2/h5,7H,3-4H2,1-2H3/t5-/m1/s1. The van der Waals surface area contributed by atoms with E-state index in [-0.39, 0.29) is 0 Å². The minimum Gasteiger partial charge on any atom is -0.464 e. The maximum Gasteiger partial charge on any atom is 0.334 e. The molecule has 0 aliphatic carbocycles. The molecule has 0 saturated heterocycles. The molecule has 0 saturated carbocycles. The first-order valence-electron chi connectivity index (χ1n) is 3.07. The van der Waals surface area contributed by atoms with E-state index in [4.69, 9.17) is 5.11 Å². The molecule has 0 unspecified atom stereocenters. The van der Waals surface area contributed by atoms with Gasteiger partial charge in [-0.05, 0) is 13.3 Å². The maximum atomic E-state index is 10.5. The number of esters is 1. The summed E-state index contributed by atoms with van der Waals surface area (Å²) >= 11 is 0. The topological polar surface area (TPSA) is 46.5 Å². The number of carbonyl (C=O) groups excluding carboxylic acids is 1. The van der Waals surface area contributed by atoms with Gasteiger partial charge in [-0.15, -0.1) is 0 Å². The molecule has 1 atom stereocenters. The van der Waals surface area contributed by atoms with Crippen molar-refractivity contribution in [2.45, 2.75) is 26.4 Å². The predicted molar refractivity (Wildman–Crippen MR) is 32.9 cm³/mol. The molecule has 0 aliphatic heterocycles. The highest BCUT2D eigenvalue weighted by Crippen LogP contribution is 1.92. The van der Waals surface area contributed by atoms with Crippen molar-refractivity contribution in [2.24, 2.45) is 0 Å². The molecule has 0 aliphatic rings. The van der Waals surface area contributed by atoms with Crippen molar-refractivity contribution < 1.29 is 14.6 Å². The van der Waals surface area contributed by atoms with Crippen molar-refractivity contribution in [3.05, 3.63) is 0 Å². The summed E-state index contributed by atoms with van der Waals surface area (Å²) in [6, 6.07) is 0. The minimum atomic E-state index is -0.940. The van der Waals surface area contributed by atoms with E-state index in [0.29, 0.717) is 13.0 Å². The van der Waals surface area contributed by atoms with Crippen LogP contribution in [0.4, 0.5) is 0 Å². The van der Waals surface area contributed by atoms with Crippen molar-refractivity contribution in [1.29, 1.82) is 0 Å².